The highest BCUT2D eigenvalue weighted by atomic mass is 16.2. The Hall–Kier alpha value is -1.40. The van der Waals surface area contributed by atoms with Gasteiger partial charge in [0.05, 0.1) is 6.33 Å². The lowest BCUT2D eigenvalue weighted by Gasteiger charge is -2.35. The first kappa shape index (κ1) is 14.0. The van der Waals surface area contributed by atoms with Crippen LogP contribution in [0.15, 0.2) is 18.7 Å². The number of piperazine rings is 1. The van der Waals surface area contributed by atoms with Gasteiger partial charge in [0, 0.05) is 51.7 Å². The average molecular weight is 265 g/mol. The van der Waals surface area contributed by atoms with Gasteiger partial charge in [-0.1, -0.05) is 0 Å². The number of amides is 1. The number of hydrogen-bond acceptors (Lipinski definition) is 4. The van der Waals surface area contributed by atoms with Crippen LogP contribution in [0.2, 0.25) is 0 Å². The fraction of sp³-hybridized carbons (Fsp3) is 0.692. The second kappa shape index (κ2) is 7.25. The molecule has 1 unspecified atom stereocenters. The molecule has 1 aromatic heterocycles. The molecule has 2 heterocycles. The number of carbonyl (C=O) groups excluding carboxylic acids is 1. The van der Waals surface area contributed by atoms with Crippen molar-refractivity contribution < 1.29 is 4.79 Å². The molecule has 0 aromatic carbocycles. The van der Waals surface area contributed by atoms with Crippen LogP contribution in [0.5, 0.6) is 0 Å². The summed E-state index contributed by atoms with van der Waals surface area (Å²) >= 11 is 0. The van der Waals surface area contributed by atoms with E-state index >= 15 is 0 Å². The highest BCUT2D eigenvalue weighted by molar-refractivity contribution is 5.82. The summed E-state index contributed by atoms with van der Waals surface area (Å²) in [4.78, 5) is 18.3. The molecular weight excluding hydrogens is 242 g/mol. The van der Waals surface area contributed by atoms with Crippen molar-refractivity contribution in [2.45, 2.75) is 25.9 Å². The Balaban J connectivity index is 1.80. The van der Waals surface area contributed by atoms with E-state index < -0.39 is 0 Å². The Bertz CT molecular complexity index is 378. The van der Waals surface area contributed by atoms with Crippen LogP contribution in [-0.2, 0) is 11.3 Å². The third-order valence-corrected chi connectivity index (χ3v) is 3.43. The summed E-state index contributed by atoms with van der Waals surface area (Å²) in [6.45, 7) is 7.19. The van der Waals surface area contributed by atoms with Crippen LogP contribution in [-0.4, -0.2) is 59.1 Å². The van der Waals surface area contributed by atoms with Crippen LogP contribution in [0, 0.1) is 0 Å². The first-order valence-corrected chi connectivity index (χ1v) is 6.99. The molecule has 1 aromatic rings. The molecule has 1 aliphatic rings. The SMILES string of the molecule is CCNC(=O)C1CNCCN1CCCn1ccnc1. The van der Waals surface area contributed by atoms with Crippen LogP contribution in [0.4, 0.5) is 0 Å². The Labute approximate surface area is 114 Å². The van der Waals surface area contributed by atoms with Gasteiger partial charge >= 0.3 is 0 Å². The van der Waals surface area contributed by atoms with Gasteiger partial charge in [0.1, 0.15) is 6.04 Å². The minimum absolute atomic E-state index is 0.0310. The number of likely N-dealkylation sites (N-methyl/N-ethyl adjacent to an activating group) is 1. The molecule has 6 nitrogen and oxygen atoms in total. The van der Waals surface area contributed by atoms with Gasteiger partial charge in [0.2, 0.25) is 5.91 Å². The minimum atomic E-state index is -0.0310. The number of aryl methyl sites for hydroxylation is 1. The zero-order valence-electron chi connectivity index (χ0n) is 11.5. The summed E-state index contributed by atoms with van der Waals surface area (Å²) in [6.07, 6.45) is 6.63. The molecule has 1 amide bonds. The van der Waals surface area contributed by atoms with Crippen molar-refractivity contribution in [2.24, 2.45) is 0 Å². The number of nitrogens with one attached hydrogen (secondary N) is 2. The van der Waals surface area contributed by atoms with Crippen molar-refractivity contribution in [1.29, 1.82) is 0 Å². The number of hydrogen-bond donors (Lipinski definition) is 2. The van der Waals surface area contributed by atoms with Crippen molar-refractivity contribution in [3.63, 3.8) is 0 Å². The number of imidazole rings is 1. The number of aromatic nitrogens is 2. The molecule has 1 fully saturated rings. The standard InChI is InChI=1S/C13H23N5O/c1-2-16-13(19)12-10-14-5-9-18(12)7-3-6-17-8-4-15-11-17/h4,8,11-12,14H,2-3,5-7,9-10H2,1H3,(H,16,19). The summed E-state index contributed by atoms with van der Waals surface area (Å²) in [5.74, 6) is 0.136. The molecule has 0 spiro atoms. The molecule has 1 atom stereocenters. The van der Waals surface area contributed by atoms with E-state index in [1.165, 1.54) is 0 Å². The highest BCUT2D eigenvalue weighted by Gasteiger charge is 2.27. The molecule has 6 heteroatoms. The predicted molar refractivity (Wildman–Crippen MR) is 73.8 cm³/mol. The molecule has 0 aliphatic carbocycles. The van der Waals surface area contributed by atoms with Gasteiger partial charge in [-0.15, -0.1) is 0 Å². The van der Waals surface area contributed by atoms with Gasteiger partial charge in [-0.25, -0.2) is 4.98 Å². The second-order valence-electron chi connectivity index (χ2n) is 4.80. The van der Waals surface area contributed by atoms with Crippen molar-refractivity contribution in [3.05, 3.63) is 18.7 Å². The molecule has 0 bridgehead atoms. The molecule has 1 saturated heterocycles. The van der Waals surface area contributed by atoms with Crippen molar-refractivity contribution >= 4 is 5.91 Å². The zero-order chi connectivity index (χ0) is 13.5. The van der Waals surface area contributed by atoms with Gasteiger partial charge < -0.3 is 15.2 Å². The first-order valence-electron chi connectivity index (χ1n) is 6.99. The molecule has 106 valence electrons. The Morgan fingerprint density at radius 3 is 3.16 bits per heavy atom. The molecule has 2 rings (SSSR count). The van der Waals surface area contributed by atoms with E-state index in [1.54, 1.807) is 6.20 Å². The number of nitrogens with zero attached hydrogens (tertiary/aromatic N) is 3. The van der Waals surface area contributed by atoms with Gasteiger partial charge in [-0.05, 0) is 13.3 Å². The van der Waals surface area contributed by atoms with Crippen LogP contribution in [0.3, 0.4) is 0 Å². The minimum Gasteiger partial charge on any atom is -0.355 e. The lowest BCUT2D eigenvalue weighted by atomic mass is 10.1. The number of rotatable bonds is 6. The van der Waals surface area contributed by atoms with Crippen LogP contribution < -0.4 is 10.6 Å². The van der Waals surface area contributed by atoms with Gasteiger partial charge in [-0.3, -0.25) is 9.69 Å². The lowest BCUT2D eigenvalue weighted by Crippen LogP contribution is -2.58. The van der Waals surface area contributed by atoms with E-state index in [1.807, 2.05) is 19.4 Å². The summed E-state index contributed by atoms with van der Waals surface area (Å²) in [7, 11) is 0. The number of carbonyl (C=O) groups is 1. The average Bonchev–Trinajstić information content (AvgIpc) is 2.93. The van der Waals surface area contributed by atoms with E-state index in [0.29, 0.717) is 6.54 Å². The van der Waals surface area contributed by atoms with Crippen molar-refractivity contribution in [2.75, 3.05) is 32.7 Å². The predicted octanol–water partition coefficient (Wildman–Crippen LogP) is -0.317. The molecular formula is C13H23N5O. The zero-order valence-corrected chi connectivity index (χ0v) is 11.5. The third-order valence-electron chi connectivity index (χ3n) is 3.43. The fourth-order valence-corrected chi connectivity index (χ4v) is 2.44. The van der Waals surface area contributed by atoms with Gasteiger partial charge in [0.25, 0.3) is 0 Å². The fourth-order valence-electron chi connectivity index (χ4n) is 2.44. The van der Waals surface area contributed by atoms with Gasteiger partial charge in [-0.2, -0.15) is 0 Å². The molecule has 19 heavy (non-hydrogen) atoms. The van der Waals surface area contributed by atoms with E-state index in [2.05, 4.69) is 25.1 Å². The van der Waals surface area contributed by atoms with E-state index in [4.69, 9.17) is 0 Å². The van der Waals surface area contributed by atoms with E-state index in [-0.39, 0.29) is 11.9 Å². The molecule has 1 aliphatic heterocycles. The molecule has 0 radical (unpaired) electrons. The first-order chi connectivity index (χ1) is 9.31. The topological polar surface area (TPSA) is 62.2 Å². The van der Waals surface area contributed by atoms with Crippen molar-refractivity contribution in [3.8, 4) is 0 Å². The normalized spacial score (nSPS) is 20.4. The Kier molecular flexibility index (Phi) is 5.35. The van der Waals surface area contributed by atoms with Crippen LogP contribution in [0.25, 0.3) is 0 Å². The quantitative estimate of drug-likeness (QED) is 0.740. The second-order valence-corrected chi connectivity index (χ2v) is 4.80. The maximum Gasteiger partial charge on any atom is 0.238 e. The maximum atomic E-state index is 12.0. The van der Waals surface area contributed by atoms with E-state index in [0.717, 1.165) is 39.1 Å². The van der Waals surface area contributed by atoms with E-state index in [9.17, 15) is 4.79 Å². The highest BCUT2D eigenvalue weighted by Crippen LogP contribution is 2.05. The molecule has 0 saturated carbocycles. The lowest BCUT2D eigenvalue weighted by molar-refractivity contribution is -0.127. The van der Waals surface area contributed by atoms with Crippen molar-refractivity contribution in [1.82, 2.24) is 25.1 Å². The summed E-state index contributed by atoms with van der Waals surface area (Å²) in [6, 6.07) is -0.0310. The van der Waals surface area contributed by atoms with Crippen LogP contribution in [0.1, 0.15) is 13.3 Å². The Morgan fingerprint density at radius 2 is 2.42 bits per heavy atom. The maximum absolute atomic E-state index is 12.0. The van der Waals surface area contributed by atoms with Gasteiger partial charge in [0.15, 0.2) is 0 Å². The smallest absolute Gasteiger partial charge is 0.238 e. The third kappa shape index (κ3) is 4.04. The summed E-state index contributed by atoms with van der Waals surface area (Å²) in [5.41, 5.74) is 0. The van der Waals surface area contributed by atoms with Crippen LogP contribution >= 0.6 is 0 Å². The largest absolute Gasteiger partial charge is 0.355 e. The summed E-state index contributed by atoms with van der Waals surface area (Å²) < 4.78 is 2.07. The summed E-state index contributed by atoms with van der Waals surface area (Å²) in [5, 5.41) is 6.20. The molecule has 2 N–H and O–H groups in total. The monoisotopic (exact) mass is 265 g/mol. The Morgan fingerprint density at radius 1 is 1.53 bits per heavy atom.